The van der Waals surface area contributed by atoms with Crippen LogP contribution in [0.2, 0.25) is 5.15 Å². The summed E-state index contributed by atoms with van der Waals surface area (Å²) in [6.07, 6.45) is 1.41. The van der Waals surface area contributed by atoms with Crippen LogP contribution in [0.5, 0.6) is 11.5 Å². The molecular formula is C22H31ClN2O4Y6-2. The first-order valence-corrected chi connectivity index (χ1v) is 9.74. The minimum Gasteiger partial charge on any atom is -0.548 e. The number of nitrogens with zero attached hydrogens (tertiary/aromatic N) is 2. The molecule has 1 aromatic heterocycles. The van der Waals surface area contributed by atoms with E-state index in [9.17, 15) is 0 Å². The quantitative estimate of drug-likeness (QED) is 0.248. The number of rotatable bonds is 8. The number of aromatic nitrogens is 2. The number of fused-ring (bicyclic) bond motifs is 1. The van der Waals surface area contributed by atoms with Gasteiger partial charge < -0.3 is 18.9 Å². The smallest absolute Gasteiger partial charge is 0.164 e. The second-order valence-corrected chi connectivity index (χ2v) is 9.37. The maximum absolute atomic E-state index is 6.38. The van der Waals surface area contributed by atoms with Crippen LogP contribution in [0.4, 0.5) is 0 Å². The van der Waals surface area contributed by atoms with E-state index in [2.05, 4.69) is 24.2 Å². The molecule has 0 fully saturated rings. The van der Waals surface area contributed by atoms with Gasteiger partial charge in [0.05, 0.1) is 16.7 Å². The molecule has 13 heteroatoms. The summed E-state index contributed by atoms with van der Waals surface area (Å²) >= 11 is 6.29. The minimum atomic E-state index is -0.745. The van der Waals surface area contributed by atoms with Crippen LogP contribution < -0.4 is 9.47 Å². The number of hydrogen-bond donors (Lipinski definition) is 0. The third kappa shape index (κ3) is 12.6. The molecule has 1 heterocycles. The van der Waals surface area contributed by atoms with E-state index in [1.165, 1.54) is 6.33 Å². The van der Waals surface area contributed by atoms with Crippen molar-refractivity contribution in [1.29, 1.82) is 0 Å². The van der Waals surface area contributed by atoms with E-state index in [0.717, 1.165) is 0 Å². The van der Waals surface area contributed by atoms with Crippen molar-refractivity contribution < 1.29 is 215 Å². The Bertz CT molecular complexity index is 902. The SMILES string of the molecule is [CH2-]OC(C)(C)C(C)(C)Oc1cc2ncnc(Cl)c2cc1OC(C)(C)C(C)(C)O[CH2-].[Y].[Y].[Y].[Y].[Y].[Y]. The molecule has 0 saturated heterocycles. The van der Waals surface area contributed by atoms with Crippen LogP contribution in [0.25, 0.3) is 10.9 Å². The molecule has 2 aromatic rings. The third-order valence-electron chi connectivity index (χ3n) is 6.00. The fourth-order valence-electron chi connectivity index (χ4n) is 2.34. The van der Waals surface area contributed by atoms with Gasteiger partial charge in [-0.05, 0) is 61.5 Å². The summed E-state index contributed by atoms with van der Waals surface area (Å²) < 4.78 is 23.6. The van der Waals surface area contributed by atoms with Gasteiger partial charge in [-0.25, -0.2) is 24.2 Å². The molecule has 0 aliphatic carbocycles. The maximum atomic E-state index is 6.38. The monoisotopic (exact) mass is 956 g/mol. The van der Waals surface area contributed by atoms with E-state index in [0.29, 0.717) is 27.6 Å². The van der Waals surface area contributed by atoms with Gasteiger partial charge in [-0.2, -0.15) is 0 Å². The first-order valence-electron chi connectivity index (χ1n) is 9.36. The average Bonchev–Trinajstić information content (AvgIpc) is 2.62. The van der Waals surface area contributed by atoms with Crippen molar-refractivity contribution >= 4 is 22.5 Å². The Hall–Kier alpha value is 4.99. The summed E-state index contributed by atoms with van der Waals surface area (Å²) in [6, 6.07) is 3.56. The largest absolute Gasteiger partial charge is 0.548 e. The Morgan fingerprint density at radius 1 is 0.629 bits per heavy atom. The van der Waals surface area contributed by atoms with Gasteiger partial charge in [0.1, 0.15) is 22.7 Å². The molecule has 0 N–H and O–H groups in total. The minimum absolute atomic E-state index is 0. The fourth-order valence-corrected chi connectivity index (χ4v) is 2.53. The van der Waals surface area contributed by atoms with Crippen LogP contribution in [0.15, 0.2) is 18.5 Å². The fraction of sp³-hybridized carbons (Fsp3) is 0.545. The summed E-state index contributed by atoms with van der Waals surface area (Å²) in [7, 11) is 7.16. The molecule has 0 atom stereocenters. The molecule has 0 spiro atoms. The Labute approximate surface area is 367 Å². The predicted molar refractivity (Wildman–Crippen MR) is 115 cm³/mol. The standard InChI is InChI=1S/C22H31ClN2O4.6Y/c1-19(2,26-9)21(5,6)28-16-11-14-15(24-13-25-18(14)23)12-17(16)29-22(7,8)20(3,4)27-10;;;;;;/h11-13H,9-10H2,1-8H3;;;;;;/q-2;;;;;;. The summed E-state index contributed by atoms with van der Waals surface area (Å²) in [5.41, 5.74) is -2.19. The molecule has 6 radical (unpaired) electrons. The van der Waals surface area contributed by atoms with E-state index in [-0.39, 0.29) is 196 Å². The van der Waals surface area contributed by atoms with Crippen molar-refractivity contribution in [3.63, 3.8) is 0 Å². The molecule has 6 nitrogen and oxygen atoms in total. The second kappa shape index (κ2) is 20.0. The Kier molecular flexibility index (Phi) is 28.4. The van der Waals surface area contributed by atoms with Gasteiger partial charge in [0.25, 0.3) is 0 Å². The summed E-state index contributed by atoms with van der Waals surface area (Å²) in [6.45, 7) is 15.3. The zero-order chi connectivity index (χ0) is 22.3. The Morgan fingerprint density at radius 3 is 1.37 bits per heavy atom. The van der Waals surface area contributed by atoms with E-state index in [4.69, 9.17) is 30.5 Å². The maximum Gasteiger partial charge on any atom is 0.164 e. The molecule has 0 aliphatic rings. The molecule has 1 aromatic carbocycles. The van der Waals surface area contributed by atoms with Gasteiger partial charge in [-0.3, -0.25) is 0 Å². The van der Waals surface area contributed by atoms with Crippen LogP contribution in [-0.2, 0) is 206 Å². The van der Waals surface area contributed by atoms with Crippen LogP contribution in [0.3, 0.4) is 0 Å². The zero-order valence-corrected chi connectivity index (χ0v) is 39.8. The van der Waals surface area contributed by atoms with Crippen LogP contribution in [-0.4, -0.2) is 32.4 Å². The first kappa shape index (κ1) is 49.7. The Balaban J connectivity index is -0.000000500. The van der Waals surface area contributed by atoms with Gasteiger partial charge in [0.15, 0.2) is 11.5 Å². The second-order valence-electron chi connectivity index (χ2n) is 9.01. The Morgan fingerprint density at radius 2 is 1.00 bits per heavy atom. The predicted octanol–water partition coefficient (Wildman–Crippen LogP) is 5.76. The molecule has 35 heavy (non-hydrogen) atoms. The van der Waals surface area contributed by atoms with E-state index in [1.54, 1.807) is 12.1 Å². The molecule has 2 rings (SSSR count). The van der Waals surface area contributed by atoms with Gasteiger partial charge in [-0.1, -0.05) is 11.6 Å². The summed E-state index contributed by atoms with van der Waals surface area (Å²) in [5, 5.41) is 0.990. The van der Waals surface area contributed by atoms with Crippen molar-refractivity contribution in [2.24, 2.45) is 0 Å². The first-order chi connectivity index (χ1) is 13.2. The van der Waals surface area contributed by atoms with Gasteiger partial charge in [0.2, 0.25) is 0 Å². The van der Waals surface area contributed by atoms with E-state index < -0.39 is 22.4 Å². The molecular weight excluding hydrogens is 925 g/mol. The average molecular weight is 956 g/mol. The molecule has 0 aliphatic heterocycles. The van der Waals surface area contributed by atoms with Crippen molar-refractivity contribution in [1.82, 2.24) is 9.97 Å². The molecule has 0 unspecified atom stereocenters. The van der Waals surface area contributed by atoms with Gasteiger partial charge in [0, 0.05) is 208 Å². The van der Waals surface area contributed by atoms with Crippen LogP contribution >= 0.6 is 11.6 Å². The number of ether oxygens (including phenoxy) is 4. The van der Waals surface area contributed by atoms with Crippen molar-refractivity contribution in [3.05, 3.63) is 37.8 Å². The van der Waals surface area contributed by atoms with Crippen molar-refractivity contribution in [2.75, 3.05) is 0 Å². The summed E-state index contributed by atoms with van der Waals surface area (Å²) in [4.78, 5) is 8.37. The van der Waals surface area contributed by atoms with Crippen molar-refractivity contribution in [2.45, 2.75) is 77.8 Å². The van der Waals surface area contributed by atoms with E-state index in [1.807, 2.05) is 55.4 Å². The molecule has 0 amide bonds. The van der Waals surface area contributed by atoms with Crippen molar-refractivity contribution in [3.8, 4) is 11.5 Å². The number of hydrogen-bond acceptors (Lipinski definition) is 6. The normalized spacial score (nSPS) is 11.3. The number of halogens is 1. The molecule has 0 saturated carbocycles. The van der Waals surface area contributed by atoms with Gasteiger partial charge in [-0.15, -0.1) is 0 Å². The summed E-state index contributed by atoms with van der Waals surface area (Å²) in [5.74, 6) is 0.979. The number of benzene rings is 1. The van der Waals surface area contributed by atoms with Crippen LogP contribution in [0, 0.1) is 14.2 Å². The third-order valence-corrected chi connectivity index (χ3v) is 6.31. The topological polar surface area (TPSA) is 62.7 Å². The van der Waals surface area contributed by atoms with Crippen LogP contribution in [0.1, 0.15) is 55.4 Å². The van der Waals surface area contributed by atoms with E-state index >= 15 is 0 Å². The zero-order valence-electron chi connectivity index (χ0n) is 22.0. The molecule has 0 bridgehead atoms. The van der Waals surface area contributed by atoms with Gasteiger partial charge >= 0.3 is 0 Å². The molecule has 180 valence electrons.